The van der Waals surface area contributed by atoms with Crippen LogP contribution >= 0.6 is 0 Å². The predicted molar refractivity (Wildman–Crippen MR) is 118 cm³/mol. The Morgan fingerprint density at radius 2 is 1.77 bits per heavy atom. The minimum absolute atomic E-state index is 0.0835. The molecule has 0 spiro atoms. The Labute approximate surface area is 179 Å². The molecule has 2 aromatic heterocycles. The number of fused-ring (bicyclic) bond motifs is 2. The second kappa shape index (κ2) is 7.54. The van der Waals surface area contributed by atoms with Gasteiger partial charge in [-0.05, 0) is 41.3 Å². The highest BCUT2D eigenvalue weighted by Gasteiger charge is 2.37. The monoisotopic (exact) mass is 413 g/mol. The molecule has 0 radical (unpaired) electrons. The average Bonchev–Trinajstić information content (AvgIpc) is 3.23. The van der Waals surface area contributed by atoms with E-state index < -0.39 is 5.76 Å². The lowest BCUT2D eigenvalue weighted by Crippen LogP contribution is -2.34. The van der Waals surface area contributed by atoms with Crippen molar-refractivity contribution in [2.75, 3.05) is 0 Å². The predicted octanol–water partition coefficient (Wildman–Crippen LogP) is 4.51. The molecule has 0 saturated heterocycles. The first-order valence-electron chi connectivity index (χ1n) is 10.5. The van der Waals surface area contributed by atoms with Crippen molar-refractivity contribution < 1.29 is 9.21 Å². The summed E-state index contributed by atoms with van der Waals surface area (Å²) in [5.41, 5.74) is 4.98. The van der Waals surface area contributed by atoms with Gasteiger partial charge in [-0.3, -0.25) is 14.3 Å². The number of hydrogen-bond donors (Lipinski definition) is 0. The molecule has 156 valence electrons. The number of aromatic nitrogens is 2. The Bertz CT molecular complexity index is 1340. The van der Waals surface area contributed by atoms with Crippen LogP contribution < -0.4 is 5.76 Å². The molecule has 1 aliphatic rings. The van der Waals surface area contributed by atoms with Gasteiger partial charge < -0.3 is 9.32 Å². The first-order chi connectivity index (χ1) is 15.0. The highest BCUT2D eigenvalue weighted by Crippen LogP contribution is 2.37. The van der Waals surface area contributed by atoms with Gasteiger partial charge in [0.15, 0.2) is 5.58 Å². The Hall–Kier alpha value is -3.67. The number of hydrogen-bond acceptors (Lipinski definition) is 4. The molecule has 0 fully saturated rings. The van der Waals surface area contributed by atoms with Crippen molar-refractivity contribution in [2.24, 2.45) is 0 Å². The highest BCUT2D eigenvalue weighted by molar-refractivity contribution is 5.99. The lowest BCUT2D eigenvalue weighted by molar-refractivity contribution is 0.0655. The zero-order valence-corrected chi connectivity index (χ0v) is 17.5. The number of pyridine rings is 1. The van der Waals surface area contributed by atoms with E-state index in [9.17, 15) is 9.59 Å². The Kier molecular flexibility index (Phi) is 4.70. The summed E-state index contributed by atoms with van der Waals surface area (Å²) in [6.45, 7) is 4.41. The van der Waals surface area contributed by atoms with Crippen LogP contribution in [0.5, 0.6) is 0 Å². The Balaban J connectivity index is 1.58. The number of amides is 1. The van der Waals surface area contributed by atoms with E-state index in [2.05, 4.69) is 24.9 Å². The van der Waals surface area contributed by atoms with Crippen LogP contribution in [0, 0.1) is 0 Å². The number of benzene rings is 2. The summed E-state index contributed by atoms with van der Waals surface area (Å²) in [6.07, 6.45) is 2.38. The van der Waals surface area contributed by atoms with Gasteiger partial charge in [-0.1, -0.05) is 50.2 Å². The minimum atomic E-state index is -0.468. The van der Waals surface area contributed by atoms with Gasteiger partial charge in [0.25, 0.3) is 5.91 Å². The minimum Gasteiger partial charge on any atom is -0.408 e. The molecule has 6 heteroatoms. The number of carbonyl (C=O) groups excluding carboxylic acids is 1. The number of carbonyl (C=O) groups is 1. The molecule has 3 heterocycles. The van der Waals surface area contributed by atoms with Crippen molar-refractivity contribution in [3.8, 4) is 0 Å². The zero-order valence-electron chi connectivity index (χ0n) is 17.5. The van der Waals surface area contributed by atoms with Crippen LogP contribution in [0.3, 0.4) is 0 Å². The molecule has 31 heavy (non-hydrogen) atoms. The third-order valence-corrected chi connectivity index (χ3v) is 5.99. The van der Waals surface area contributed by atoms with Gasteiger partial charge in [-0.15, -0.1) is 0 Å². The molecule has 1 atom stereocenters. The lowest BCUT2D eigenvalue weighted by Gasteiger charge is -2.26. The summed E-state index contributed by atoms with van der Waals surface area (Å²) >= 11 is 0. The molecule has 1 amide bonds. The maximum Gasteiger partial charge on any atom is 0.421 e. The van der Waals surface area contributed by atoms with Crippen molar-refractivity contribution in [1.82, 2.24) is 14.5 Å². The fourth-order valence-electron chi connectivity index (χ4n) is 4.46. The second-order valence-electron chi connectivity index (χ2n) is 8.18. The molecule has 0 N–H and O–H groups in total. The third-order valence-electron chi connectivity index (χ3n) is 5.99. The highest BCUT2D eigenvalue weighted by atomic mass is 16.4. The normalized spacial score (nSPS) is 15.8. The molecule has 6 nitrogen and oxygen atoms in total. The summed E-state index contributed by atoms with van der Waals surface area (Å²) in [7, 11) is 0. The Morgan fingerprint density at radius 3 is 2.61 bits per heavy atom. The molecular weight excluding hydrogens is 390 g/mol. The van der Waals surface area contributed by atoms with Crippen LogP contribution in [0.4, 0.5) is 0 Å². The van der Waals surface area contributed by atoms with Crippen LogP contribution in [0.2, 0.25) is 0 Å². The van der Waals surface area contributed by atoms with E-state index >= 15 is 0 Å². The van der Waals surface area contributed by atoms with Crippen molar-refractivity contribution in [3.05, 3.63) is 99.8 Å². The molecule has 0 saturated carbocycles. The fourth-order valence-corrected chi connectivity index (χ4v) is 4.46. The van der Waals surface area contributed by atoms with Crippen molar-refractivity contribution in [3.63, 3.8) is 0 Å². The summed E-state index contributed by atoms with van der Waals surface area (Å²) in [4.78, 5) is 32.3. The van der Waals surface area contributed by atoms with Gasteiger partial charge in [0.2, 0.25) is 0 Å². The van der Waals surface area contributed by atoms with E-state index in [0.717, 1.165) is 11.3 Å². The van der Waals surface area contributed by atoms with Crippen LogP contribution in [0.1, 0.15) is 53.0 Å². The maximum atomic E-state index is 13.3. The number of nitrogens with zero attached hydrogens (tertiary/aromatic N) is 3. The van der Waals surface area contributed by atoms with Gasteiger partial charge in [-0.25, -0.2) is 4.79 Å². The molecule has 0 bridgehead atoms. The van der Waals surface area contributed by atoms with Crippen molar-refractivity contribution in [2.45, 2.75) is 38.9 Å². The zero-order chi connectivity index (χ0) is 21.5. The Morgan fingerprint density at radius 1 is 1.00 bits per heavy atom. The van der Waals surface area contributed by atoms with Crippen LogP contribution in [0.15, 0.2) is 76.1 Å². The van der Waals surface area contributed by atoms with E-state index in [1.165, 1.54) is 10.1 Å². The maximum absolute atomic E-state index is 13.3. The molecule has 2 aromatic carbocycles. The SMILES string of the molecule is CC(C)c1cccnc1CC1c2ccccc2C(=O)N1Cn1c(=O)oc2ccccc21. The third kappa shape index (κ3) is 3.24. The van der Waals surface area contributed by atoms with Gasteiger partial charge in [-0.2, -0.15) is 0 Å². The van der Waals surface area contributed by atoms with Crippen LogP contribution in [-0.4, -0.2) is 20.4 Å². The van der Waals surface area contributed by atoms with E-state index in [-0.39, 0.29) is 18.6 Å². The number of oxazole rings is 1. The summed E-state index contributed by atoms with van der Waals surface area (Å²) in [5.74, 6) is -0.228. The smallest absolute Gasteiger partial charge is 0.408 e. The molecular formula is C25H23N3O3. The second-order valence-corrected chi connectivity index (χ2v) is 8.18. The largest absolute Gasteiger partial charge is 0.421 e. The first kappa shape index (κ1) is 19.3. The van der Waals surface area contributed by atoms with Crippen LogP contribution in [0.25, 0.3) is 11.1 Å². The average molecular weight is 413 g/mol. The van der Waals surface area contributed by atoms with Crippen LogP contribution in [-0.2, 0) is 13.1 Å². The summed E-state index contributed by atoms with van der Waals surface area (Å²) in [6, 6.07) is 18.8. The molecule has 0 aliphatic carbocycles. The standard InChI is InChI=1S/C25H23N3O3/c1-16(2)17-10-7-13-26-20(17)14-22-18-8-3-4-9-19(18)24(29)27(22)15-28-21-11-5-6-12-23(21)31-25(28)30/h3-13,16,22H,14-15H2,1-2H3. The number of rotatable bonds is 5. The van der Waals surface area contributed by atoms with Gasteiger partial charge >= 0.3 is 5.76 Å². The van der Waals surface area contributed by atoms with E-state index in [4.69, 9.17) is 4.42 Å². The van der Waals surface area contributed by atoms with E-state index in [0.29, 0.717) is 29.0 Å². The fraction of sp³-hybridized carbons (Fsp3) is 0.240. The van der Waals surface area contributed by atoms with Gasteiger partial charge in [0.05, 0.1) is 11.6 Å². The van der Waals surface area contributed by atoms with E-state index in [1.54, 1.807) is 17.2 Å². The molecule has 4 aromatic rings. The van der Waals surface area contributed by atoms with E-state index in [1.807, 2.05) is 48.5 Å². The lowest BCUT2D eigenvalue weighted by atomic mass is 9.94. The van der Waals surface area contributed by atoms with Gasteiger partial charge in [0, 0.05) is 23.9 Å². The number of para-hydroxylation sites is 2. The molecule has 1 unspecified atom stereocenters. The molecule has 5 rings (SSSR count). The quantitative estimate of drug-likeness (QED) is 0.483. The summed E-state index contributed by atoms with van der Waals surface area (Å²) < 4.78 is 6.90. The summed E-state index contributed by atoms with van der Waals surface area (Å²) in [5, 5.41) is 0. The van der Waals surface area contributed by atoms with Crippen molar-refractivity contribution >= 4 is 17.0 Å². The van der Waals surface area contributed by atoms with Crippen molar-refractivity contribution in [1.29, 1.82) is 0 Å². The topological polar surface area (TPSA) is 68.3 Å². The molecule has 1 aliphatic heterocycles. The first-order valence-corrected chi connectivity index (χ1v) is 10.5. The van der Waals surface area contributed by atoms with Gasteiger partial charge in [0.1, 0.15) is 6.67 Å².